The summed E-state index contributed by atoms with van der Waals surface area (Å²) in [5, 5.41) is 3.35. The van der Waals surface area contributed by atoms with Crippen molar-refractivity contribution >= 4 is 39.1 Å². The van der Waals surface area contributed by atoms with Crippen LogP contribution in [0.5, 0.6) is 0 Å². The Bertz CT molecular complexity index is 1710. The zero-order valence-electron chi connectivity index (χ0n) is 25.7. The van der Waals surface area contributed by atoms with E-state index in [0.717, 1.165) is 15.4 Å². The Hall–Kier alpha value is -4.21. The fraction of sp³-hybridized carbons (Fsp3) is 0.257. The largest absolute Gasteiger partial charge is 0.350 e. The number of sulfonamides is 1. The molecule has 0 saturated heterocycles. The van der Waals surface area contributed by atoms with Gasteiger partial charge < -0.3 is 10.2 Å². The molecule has 0 bridgehead atoms. The molecule has 0 fully saturated rings. The Kier molecular flexibility index (Phi) is 10.7. The lowest BCUT2D eigenvalue weighted by atomic mass is 10.0. The molecule has 0 unspecified atom stereocenters. The molecule has 4 aromatic rings. The lowest BCUT2D eigenvalue weighted by molar-refractivity contribution is -0.140. The molecular weight excluding hydrogens is 613 g/mol. The van der Waals surface area contributed by atoms with Gasteiger partial charge in [0, 0.05) is 23.5 Å². The molecule has 2 amide bonds. The number of carbonyl (C=O) groups is 2. The van der Waals surface area contributed by atoms with Crippen LogP contribution >= 0.6 is 11.6 Å². The van der Waals surface area contributed by atoms with E-state index in [2.05, 4.69) is 5.32 Å². The van der Waals surface area contributed by atoms with E-state index in [4.69, 9.17) is 11.6 Å². The van der Waals surface area contributed by atoms with Crippen molar-refractivity contribution in [2.75, 3.05) is 10.8 Å². The maximum Gasteiger partial charge on any atom is 0.264 e. The summed E-state index contributed by atoms with van der Waals surface area (Å²) in [5.41, 5.74) is 1.97. The third kappa shape index (κ3) is 9.15. The normalized spacial score (nSPS) is 12.3. The molecule has 0 saturated carbocycles. The van der Waals surface area contributed by atoms with Gasteiger partial charge in [-0.05, 0) is 87.4 Å². The first kappa shape index (κ1) is 33.7. The van der Waals surface area contributed by atoms with E-state index >= 15 is 0 Å². The highest BCUT2D eigenvalue weighted by molar-refractivity contribution is 7.92. The van der Waals surface area contributed by atoms with Crippen molar-refractivity contribution in [3.8, 4) is 0 Å². The van der Waals surface area contributed by atoms with Crippen LogP contribution in [0.3, 0.4) is 0 Å². The number of nitrogens with one attached hydrogen (secondary N) is 1. The molecule has 0 heterocycles. The Labute approximate surface area is 269 Å². The fourth-order valence-corrected chi connectivity index (χ4v) is 6.31. The second kappa shape index (κ2) is 14.3. The summed E-state index contributed by atoms with van der Waals surface area (Å²) in [6, 6.07) is 26.4. The lowest BCUT2D eigenvalue weighted by Gasteiger charge is -2.35. The number of benzene rings is 4. The molecule has 10 heteroatoms. The average Bonchev–Trinajstić information content (AvgIpc) is 2.99. The number of anilines is 1. The molecule has 0 aliphatic rings. The SMILES string of the molecule is Cc1ccc(N(CC(=O)N(Cc2ccc(F)cc2)[C@@H](Cc2ccccc2)C(=O)NC(C)(C)C)S(=O)(=O)c2ccc(Cl)cc2)cc1. The number of carbonyl (C=O) groups excluding carboxylic acids is 2. The van der Waals surface area contributed by atoms with Crippen LogP contribution in [-0.2, 0) is 32.6 Å². The molecule has 45 heavy (non-hydrogen) atoms. The Morgan fingerprint density at radius 3 is 2.02 bits per heavy atom. The molecule has 7 nitrogen and oxygen atoms in total. The topological polar surface area (TPSA) is 86.8 Å². The van der Waals surface area contributed by atoms with Crippen molar-refractivity contribution in [3.63, 3.8) is 0 Å². The average molecular weight is 650 g/mol. The van der Waals surface area contributed by atoms with E-state index < -0.39 is 45.8 Å². The second-order valence-corrected chi connectivity index (χ2v) is 14.2. The molecule has 0 aliphatic carbocycles. The highest BCUT2D eigenvalue weighted by Gasteiger charge is 2.35. The van der Waals surface area contributed by atoms with Gasteiger partial charge in [0.05, 0.1) is 10.6 Å². The molecule has 1 N–H and O–H groups in total. The van der Waals surface area contributed by atoms with Crippen LogP contribution < -0.4 is 9.62 Å². The molecule has 1 atom stereocenters. The molecule has 4 rings (SSSR count). The molecule has 0 aliphatic heterocycles. The smallest absolute Gasteiger partial charge is 0.264 e. The number of rotatable bonds is 11. The van der Waals surface area contributed by atoms with Gasteiger partial charge in [0.2, 0.25) is 11.8 Å². The summed E-state index contributed by atoms with van der Waals surface area (Å²) in [5.74, 6) is -1.45. The van der Waals surface area contributed by atoms with Crippen LogP contribution in [0.2, 0.25) is 5.02 Å². The van der Waals surface area contributed by atoms with Gasteiger partial charge in [-0.3, -0.25) is 13.9 Å². The van der Waals surface area contributed by atoms with E-state index in [-0.39, 0.29) is 23.5 Å². The van der Waals surface area contributed by atoms with E-state index in [0.29, 0.717) is 10.6 Å². The maximum atomic E-state index is 14.4. The minimum atomic E-state index is -4.25. The van der Waals surface area contributed by atoms with Gasteiger partial charge >= 0.3 is 0 Å². The number of hydrogen-bond donors (Lipinski definition) is 1. The van der Waals surface area contributed by atoms with Gasteiger partial charge in [-0.1, -0.05) is 71.8 Å². The zero-order valence-corrected chi connectivity index (χ0v) is 27.3. The predicted octanol–water partition coefficient (Wildman–Crippen LogP) is 6.54. The zero-order chi connectivity index (χ0) is 32.8. The van der Waals surface area contributed by atoms with E-state index in [1.54, 1.807) is 36.4 Å². The summed E-state index contributed by atoms with van der Waals surface area (Å²) >= 11 is 6.03. The van der Waals surface area contributed by atoms with Gasteiger partial charge in [0.15, 0.2) is 0 Å². The highest BCUT2D eigenvalue weighted by atomic mass is 35.5. The summed E-state index contributed by atoms with van der Waals surface area (Å²) in [4.78, 5) is 29.7. The van der Waals surface area contributed by atoms with E-state index in [1.807, 2.05) is 58.0 Å². The number of nitrogens with zero attached hydrogens (tertiary/aromatic N) is 2. The molecule has 0 spiro atoms. The van der Waals surface area contributed by atoms with Crippen LogP contribution in [0.1, 0.15) is 37.5 Å². The first-order valence-corrected chi connectivity index (χ1v) is 16.3. The van der Waals surface area contributed by atoms with Crippen molar-refractivity contribution in [3.05, 3.63) is 131 Å². The Morgan fingerprint density at radius 1 is 0.844 bits per heavy atom. The summed E-state index contributed by atoms with van der Waals surface area (Å²) in [6.45, 7) is 6.75. The third-order valence-electron chi connectivity index (χ3n) is 7.04. The molecule has 236 valence electrons. The van der Waals surface area contributed by atoms with Crippen molar-refractivity contribution in [1.29, 1.82) is 0 Å². The second-order valence-electron chi connectivity index (χ2n) is 11.9. The summed E-state index contributed by atoms with van der Waals surface area (Å²) in [6.07, 6.45) is 0.171. The van der Waals surface area contributed by atoms with Crippen LogP contribution in [0.25, 0.3) is 0 Å². The van der Waals surface area contributed by atoms with Gasteiger partial charge in [-0.25, -0.2) is 12.8 Å². The molecule has 0 radical (unpaired) electrons. The van der Waals surface area contributed by atoms with Gasteiger partial charge in [-0.15, -0.1) is 0 Å². The number of halogens is 2. The molecule has 4 aromatic carbocycles. The lowest BCUT2D eigenvalue weighted by Crippen LogP contribution is -2.56. The highest BCUT2D eigenvalue weighted by Crippen LogP contribution is 2.26. The number of hydrogen-bond acceptors (Lipinski definition) is 4. The minimum Gasteiger partial charge on any atom is -0.350 e. The van der Waals surface area contributed by atoms with Gasteiger partial charge in [-0.2, -0.15) is 0 Å². The minimum absolute atomic E-state index is 0.0447. The predicted molar refractivity (Wildman–Crippen MR) is 176 cm³/mol. The first-order valence-electron chi connectivity index (χ1n) is 14.5. The van der Waals surface area contributed by atoms with Crippen LogP contribution in [-0.4, -0.2) is 43.3 Å². The number of amides is 2. The van der Waals surface area contributed by atoms with E-state index in [1.165, 1.54) is 41.3 Å². The molecular formula is C35H37ClFN3O4S. The van der Waals surface area contributed by atoms with Crippen LogP contribution in [0.4, 0.5) is 10.1 Å². The third-order valence-corrected chi connectivity index (χ3v) is 9.08. The van der Waals surface area contributed by atoms with Crippen molar-refractivity contribution in [2.45, 2.75) is 57.1 Å². The van der Waals surface area contributed by atoms with Crippen molar-refractivity contribution in [2.24, 2.45) is 0 Å². The van der Waals surface area contributed by atoms with Gasteiger partial charge in [0.25, 0.3) is 10.0 Å². The monoisotopic (exact) mass is 649 g/mol. The number of aryl methyl sites for hydroxylation is 1. The van der Waals surface area contributed by atoms with Gasteiger partial charge in [0.1, 0.15) is 18.4 Å². The quantitative estimate of drug-likeness (QED) is 0.200. The first-order chi connectivity index (χ1) is 21.2. The standard InChI is InChI=1S/C35H37ClFN3O4S/c1-25-10-18-30(19-11-25)40(45(43,44)31-20-14-28(36)15-21-31)24-33(41)39(23-27-12-16-29(37)17-13-27)32(34(42)38-35(2,3)4)22-26-8-6-5-7-9-26/h5-21,32H,22-24H2,1-4H3,(H,38,42)/t32-/m0/s1. The molecule has 0 aromatic heterocycles. The summed E-state index contributed by atoms with van der Waals surface area (Å²) < 4.78 is 43.0. The van der Waals surface area contributed by atoms with E-state index in [9.17, 15) is 22.4 Å². The van der Waals surface area contributed by atoms with Crippen LogP contribution in [0.15, 0.2) is 108 Å². The maximum absolute atomic E-state index is 14.4. The van der Waals surface area contributed by atoms with Crippen LogP contribution in [0, 0.1) is 12.7 Å². The Morgan fingerprint density at radius 2 is 1.44 bits per heavy atom. The fourth-order valence-electron chi connectivity index (χ4n) is 4.77. The van der Waals surface area contributed by atoms with Crippen molar-refractivity contribution in [1.82, 2.24) is 10.2 Å². The summed E-state index contributed by atoms with van der Waals surface area (Å²) in [7, 11) is -4.25. The Balaban J connectivity index is 1.81. The van der Waals surface area contributed by atoms with Crippen molar-refractivity contribution < 1.29 is 22.4 Å².